The molecule has 0 unspecified atom stereocenters. The number of halogens is 3. The van der Waals surface area contributed by atoms with E-state index in [1.54, 1.807) is 23.8 Å². The third kappa shape index (κ3) is 5.32. The standard InChI is InChI=1S/C23H17ClF2N4O2S/c1-32-18-4-2-3-14(11-18)22-28-29-23(30(22)17-8-5-15(24)6-9-17)33-13-21(31)27-16-7-10-19(25)20(26)12-16/h2-12H,13H2,1H3,(H,27,31). The van der Waals surface area contributed by atoms with Crippen molar-refractivity contribution in [1.29, 1.82) is 0 Å². The molecule has 0 bridgehead atoms. The van der Waals surface area contributed by atoms with Crippen LogP contribution >= 0.6 is 23.4 Å². The van der Waals surface area contributed by atoms with Crippen molar-refractivity contribution in [3.8, 4) is 22.8 Å². The predicted octanol–water partition coefficient (Wildman–Crippen LogP) is 5.61. The molecule has 0 aliphatic carbocycles. The van der Waals surface area contributed by atoms with Crippen molar-refractivity contribution in [2.45, 2.75) is 5.16 Å². The highest BCUT2D eigenvalue weighted by molar-refractivity contribution is 7.99. The Morgan fingerprint density at radius 3 is 2.58 bits per heavy atom. The lowest BCUT2D eigenvalue weighted by molar-refractivity contribution is -0.113. The van der Waals surface area contributed by atoms with E-state index in [-0.39, 0.29) is 11.4 Å². The van der Waals surface area contributed by atoms with Crippen molar-refractivity contribution in [1.82, 2.24) is 14.8 Å². The van der Waals surface area contributed by atoms with Crippen molar-refractivity contribution in [2.24, 2.45) is 0 Å². The van der Waals surface area contributed by atoms with Gasteiger partial charge in [0.1, 0.15) is 5.75 Å². The predicted molar refractivity (Wildman–Crippen MR) is 124 cm³/mol. The molecule has 168 valence electrons. The fraction of sp³-hybridized carbons (Fsp3) is 0.0870. The summed E-state index contributed by atoms with van der Waals surface area (Å²) >= 11 is 7.20. The van der Waals surface area contributed by atoms with Crippen molar-refractivity contribution in [3.05, 3.63) is 83.4 Å². The molecule has 0 atom stereocenters. The number of nitrogens with one attached hydrogen (secondary N) is 1. The van der Waals surface area contributed by atoms with Gasteiger partial charge in [-0.1, -0.05) is 35.5 Å². The van der Waals surface area contributed by atoms with E-state index in [9.17, 15) is 13.6 Å². The summed E-state index contributed by atoms with van der Waals surface area (Å²) in [4.78, 5) is 12.4. The molecule has 0 aliphatic heterocycles. The SMILES string of the molecule is COc1cccc(-c2nnc(SCC(=O)Nc3ccc(F)c(F)c3)n2-c2ccc(Cl)cc2)c1. The van der Waals surface area contributed by atoms with Crippen LogP contribution in [0.2, 0.25) is 5.02 Å². The van der Waals surface area contributed by atoms with Crippen molar-refractivity contribution in [3.63, 3.8) is 0 Å². The average molecular weight is 487 g/mol. The topological polar surface area (TPSA) is 69.0 Å². The van der Waals surface area contributed by atoms with E-state index in [0.29, 0.717) is 21.8 Å². The lowest BCUT2D eigenvalue weighted by Gasteiger charge is -2.11. The van der Waals surface area contributed by atoms with Crippen LogP contribution in [-0.4, -0.2) is 33.5 Å². The molecule has 3 aromatic carbocycles. The van der Waals surface area contributed by atoms with Gasteiger partial charge in [-0.15, -0.1) is 10.2 Å². The molecule has 0 saturated carbocycles. The van der Waals surface area contributed by atoms with E-state index >= 15 is 0 Å². The Kier molecular flexibility index (Phi) is 6.90. The maximum absolute atomic E-state index is 13.4. The molecule has 1 heterocycles. The number of methoxy groups -OCH3 is 1. The first-order valence-electron chi connectivity index (χ1n) is 9.68. The van der Waals surface area contributed by atoms with E-state index in [1.165, 1.54) is 6.07 Å². The van der Waals surface area contributed by atoms with Gasteiger partial charge in [-0.2, -0.15) is 0 Å². The minimum atomic E-state index is -1.04. The smallest absolute Gasteiger partial charge is 0.234 e. The molecule has 1 aromatic heterocycles. The van der Waals surface area contributed by atoms with E-state index in [1.807, 2.05) is 36.4 Å². The second kappa shape index (κ2) is 10.0. The van der Waals surface area contributed by atoms with Gasteiger partial charge in [0.05, 0.1) is 12.9 Å². The highest BCUT2D eigenvalue weighted by Gasteiger charge is 2.18. The normalized spacial score (nSPS) is 10.8. The first-order valence-corrected chi connectivity index (χ1v) is 11.0. The summed E-state index contributed by atoms with van der Waals surface area (Å²) in [5, 5.41) is 12.2. The maximum Gasteiger partial charge on any atom is 0.234 e. The van der Waals surface area contributed by atoms with Crippen molar-refractivity contribution < 1.29 is 18.3 Å². The van der Waals surface area contributed by atoms with Crippen LogP contribution in [0.15, 0.2) is 71.9 Å². The number of carbonyl (C=O) groups excluding carboxylic acids is 1. The molecule has 4 rings (SSSR count). The number of amides is 1. The molecule has 1 N–H and O–H groups in total. The third-order valence-electron chi connectivity index (χ3n) is 4.58. The van der Waals surface area contributed by atoms with E-state index < -0.39 is 17.5 Å². The first kappa shape index (κ1) is 22.8. The molecule has 0 aliphatic rings. The van der Waals surface area contributed by atoms with Gasteiger partial charge < -0.3 is 10.1 Å². The molecule has 0 spiro atoms. The van der Waals surface area contributed by atoms with Crippen LogP contribution in [0.25, 0.3) is 17.1 Å². The number of anilines is 1. The zero-order chi connectivity index (χ0) is 23.4. The van der Waals surface area contributed by atoms with Crippen LogP contribution in [-0.2, 0) is 4.79 Å². The molecule has 33 heavy (non-hydrogen) atoms. The maximum atomic E-state index is 13.4. The Morgan fingerprint density at radius 1 is 1.06 bits per heavy atom. The Labute approximate surface area is 197 Å². The second-order valence-electron chi connectivity index (χ2n) is 6.82. The fourth-order valence-corrected chi connectivity index (χ4v) is 3.91. The van der Waals surface area contributed by atoms with E-state index in [0.717, 1.165) is 35.1 Å². The van der Waals surface area contributed by atoms with Gasteiger partial charge in [-0.3, -0.25) is 9.36 Å². The summed E-state index contributed by atoms with van der Waals surface area (Å²) in [6, 6.07) is 17.7. The summed E-state index contributed by atoms with van der Waals surface area (Å²) in [5.74, 6) is -1.23. The van der Waals surface area contributed by atoms with Crippen LogP contribution in [0.4, 0.5) is 14.5 Å². The summed E-state index contributed by atoms with van der Waals surface area (Å²) in [5.41, 5.74) is 1.69. The Hall–Kier alpha value is -3.43. The molecule has 4 aromatic rings. The highest BCUT2D eigenvalue weighted by Crippen LogP contribution is 2.30. The van der Waals surface area contributed by atoms with Gasteiger partial charge in [0.25, 0.3) is 0 Å². The van der Waals surface area contributed by atoms with Crippen LogP contribution in [0.5, 0.6) is 5.75 Å². The number of nitrogens with zero attached hydrogens (tertiary/aromatic N) is 3. The fourth-order valence-electron chi connectivity index (χ4n) is 3.04. The molecular weight excluding hydrogens is 470 g/mol. The van der Waals surface area contributed by atoms with Crippen LogP contribution in [0.3, 0.4) is 0 Å². The van der Waals surface area contributed by atoms with Crippen molar-refractivity contribution in [2.75, 3.05) is 18.2 Å². The van der Waals surface area contributed by atoms with Crippen LogP contribution in [0, 0.1) is 11.6 Å². The summed E-state index contributed by atoms with van der Waals surface area (Å²) in [7, 11) is 1.58. The zero-order valence-electron chi connectivity index (χ0n) is 17.3. The second-order valence-corrected chi connectivity index (χ2v) is 8.19. The number of hydrogen-bond donors (Lipinski definition) is 1. The molecule has 0 saturated heterocycles. The van der Waals surface area contributed by atoms with Crippen molar-refractivity contribution >= 4 is 35.0 Å². The molecule has 6 nitrogen and oxygen atoms in total. The first-order chi connectivity index (χ1) is 15.9. The minimum Gasteiger partial charge on any atom is -0.497 e. The lowest BCUT2D eigenvalue weighted by Crippen LogP contribution is -2.15. The Balaban J connectivity index is 1.60. The van der Waals surface area contributed by atoms with Crippen LogP contribution in [0.1, 0.15) is 0 Å². The summed E-state index contributed by atoms with van der Waals surface area (Å²) in [6.07, 6.45) is 0. The van der Waals surface area contributed by atoms with Gasteiger partial charge in [-0.05, 0) is 48.5 Å². The third-order valence-corrected chi connectivity index (χ3v) is 5.76. The lowest BCUT2D eigenvalue weighted by atomic mass is 10.2. The number of thioether (sulfide) groups is 1. The number of benzene rings is 3. The number of ether oxygens (including phenoxy) is 1. The zero-order valence-corrected chi connectivity index (χ0v) is 18.8. The Bertz CT molecular complexity index is 1300. The molecule has 0 fully saturated rings. The minimum absolute atomic E-state index is 0.0250. The number of rotatable bonds is 7. The molecular formula is C23H17ClF2N4O2S. The van der Waals surface area contributed by atoms with Gasteiger partial charge in [0, 0.05) is 28.0 Å². The van der Waals surface area contributed by atoms with Gasteiger partial charge >= 0.3 is 0 Å². The number of carbonyl (C=O) groups is 1. The molecule has 10 heteroatoms. The number of aromatic nitrogens is 3. The largest absolute Gasteiger partial charge is 0.497 e. The molecule has 1 amide bonds. The van der Waals surface area contributed by atoms with Crippen LogP contribution < -0.4 is 10.1 Å². The quantitative estimate of drug-likeness (QED) is 0.344. The monoisotopic (exact) mass is 486 g/mol. The average Bonchev–Trinajstić information content (AvgIpc) is 3.24. The highest BCUT2D eigenvalue weighted by atomic mass is 35.5. The summed E-state index contributed by atoms with van der Waals surface area (Å²) in [6.45, 7) is 0. The van der Waals surface area contributed by atoms with Gasteiger partial charge in [-0.25, -0.2) is 8.78 Å². The van der Waals surface area contributed by atoms with Gasteiger partial charge in [0.15, 0.2) is 22.6 Å². The van der Waals surface area contributed by atoms with E-state index in [2.05, 4.69) is 15.5 Å². The van der Waals surface area contributed by atoms with E-state index in [4.69, 9.17) is 16.3 Å². The summed E-state index contributed by atoms with van der Waals surface area (Å²) < 4.78 is 33.6. The van der Waals surface area contributed by atoms with Gasteiger partial charge in [0.2, 0.25) is 5.91 Å². The molecule has 0 radical (unpaired) electrons. The Morgan fingerprint density at radius 2 is 1.85 bits per heavy atom. The number of hydrogen-bond acceptors (Lipinski definition) is 5.